The third kappa shape index (κ3) is 3.26. The van der Waals surface area contributed by atoms with Crippen LogP contribution in [0.4, 0.5) is 4.79 Å². The smallest absolute Gasteiger partial charge is 0.411 e. The van der Waals surface area contributed by atoms with E-state index in [9.17, 15) is 19.5 Å². The Hall–Kier alpha value is -1.83. The SMILES string of the molecule is COC(=O)CN1C(=O)[C@@]2(CCCN2C(=O)OC(C)(C)C)C[C@H]1O. The van der Waals surface area contributed by atoms with Crippen molar-refractivity contribution in [1.29, 1.82) is 0 Å². The number of carbonyl (C=O) groups is 3. The maximum absolute atomic E-state index is 12.8. The Morgan fingerprint density at radius 3 is 2.61 bits per heavy atom. The van der Waals surface area contributed by atoms with Crippen LogP contribution in [0.2, 0.25) is 0 Å². The summed E-state index contributed by atoms with van der Waals surface area (Å²) in [6, 6.07) is 0. The molecule has 1 N–H and O–H groups in total. The molecule has 2 rings (SSSR count). The number of likely N-dealkylation sites (tertiary alicyclic amines) is 2. The first-order valence-corrected chi connectivity index (χ1v) is 7.67. The molecule has 0 saturated carbocycles. The van der Waals surface area contributed by atoms with E-state index in [1.165, 1.54) is 12.0 Å². The van der Waals surface area contributed by atoms with Crippen LogP contribution in [-0.4, -0.2) is 70.4 Å². The van der Waals surface area contributed by atoms with Crippen molar-refractivity contribution < 1.29 is 29.0 Å². The molecule has 2 heterocycles. The molecule has 8 nitrogen and oxygen atoms in total. The van der Waals surface area contributed by atoms with E-state index in [1.807, 2.05) is 0 Å². The van der Waals surface area contributed by atoms with Crippen LogP contribution in [0.3, 0.4) is 0 Å². The number of rotatable bonds is 2. The van der Waals surface area contributed by atoms with E-state index < -0.39 is 35.3 Å². The molecule has 2 atom stereocenters. The number of amides is 2. The number of esters is 1. The summed E-state index contributed by atoms with van der Waals surface area (Å²) in [6.45, 7) is 5.31. The Labute approximate surface area is 135 Å². The van der Waals surface area contributed by atoms with E-state index in [0.29, 0.717) is 19.4 Å². The molecule has 23 heavy (non-hydrogen) atoms. The van der Waals surface area contributed by atoms with Gasteiger partial charge in [-0.1, -0.05) is 0 Å². The van der Waals surface area contributed by atoms with E-state index >= 15 is 0 Å². The van der Waals surface area contributed by atoms with Crippen LogP contribution in [0.5, 0.6) is 0 Å². The summed E-state index contributed by atoms with van der Waals surface area (Å²) >= 11 is 0. The van der Waals surface area contributed by atoms with Crippen LogP contribution in [0, 0.1) is 0 Å². The summed E-state index contributed by atoms with van der Waals surface area (Å²) in [5.74, 6) is -1.05. The van der Waals surface area contributed by atoms with Gasteiger partial charge in [0.1, 0.15) is 23.9 Å². The number of aliphatic hydroxyl groups excluding tert-OH is 1. The largest absolute Gasteiger partial charge is 0.468 e. The lowest BCUT2D eigenvalue weighted by molar-refractivity contribution is -0.151. The van der Waals surface area contributed by atoms with Gasteiger partial charge in [0.25, 0.3) is 5.91 Å². The quantitative estimate of drug-likeness (QED) is 0.741. The molecule has 0 unspecified atom stereocenters. The summed E-state index contributed by atoms with van der Waals surface area (Å²) in [6.07, 6.45) is -0.536. The van der Waals surface area contributed by atoms with Crippen LogP contribution >= 0.6 is 0 Å². The summed E-state index contributed by atoms with van der Waals surface area (Å²) in [4.78, 5) is 39.1. The Morgan fingerprint density at radius 1 is 1.39 bits per heavy atom. The van der Waals surface area contributed by atoms with Gasteiger partial charge in [-0.05, 0) is 33.6 Å². The van der Waals surface area contributed by atoms with Gasteiger partial charge in [-0.15, -0.1) is 0 Å². The predicted octanol–water partition coefficient (Wildman–Crippen LogP) is 0.480. The third-order valence-corrected chi connectivity index (χ3v) is 4.17. The predicted molar refractivity (Wildman–Crippen MR) is 79.3 cm³/mol. The second-order valence-electron chi connectivity index (χ2n) is 6.96. The van der Waals surface area contributed by atoms with Crippen molar-refractivity contribution in [2.75, 3.05) is 20.2 Å². The van der Waals surface area contributed by atoms with Gasteiger partial charge < -0.3 is 19.5 Å². The molecule has 2 fully saturated rings. The Bertz CT molecular complexity index is 515. The monoisotopic (exact) mass is 328 g/mol. The highest BCUT2D eigenvalue weighted by atomic mass is 16.6. The molecule has 0 radical (unpaired) electrons. The van der Waals surface area contributed by atoms with Crippen molar-refractivity contribution >= 4 is 18.0 Å². The van der Waals surface area contributed by atoms with Crippen LogP contribution in [0.25, 0.3) is 0 Å². The van der Waals surface area contributed by atoms with Crippen LogP contribution in [0.15, 0.2) is 0 Å². The van der Waals surface area contributed by atoms with Gasteiger partial charge in [0, 0.05) is 13.0 Å². The number of hydrogen-bond donors (Lipinski definition) is 1. The van der Waals surface area contributed by atoms with E-state index in [2.05, 4.69) is 4.74 Å². The number of hydrogen-bond acceptors (Lipinski definition) is 6. The van der Waals surface area contributed by atoms with Gasteiger partial charge in [-0.3, -0.25) is 14.5 Å². The third-order valence-electron chi connectivity index (χ3n) is 4.17. The lowest BCUT2D eigenvalue weighted by atomic mass is 9.94. The minimum atomic E-state index is -1.13. The molecule has 130 valence electrons. The molecule has 8 heteroatoms. The van der Waals surface area contributed by atoms with Crippen molar-refractivity contribution in [3.63, 3.8) is 0 Å². The molecular formula is C15H24N2O6. The molecule has 0 aromatic rings. The van der Waals surface area contributed by atoms with Gasteiger partial charge >= 0.3 is 12.1 Å². The minimum Gasteiger partial charge on any atom is -0.468 e. The van der Waals surface area contributed by atoms with Gasteiger partial charge in [-0.2, -0.15) is 0 Å². The molecule has 2 saturated heterocycles. The Kier molecular flexibility index (Phi) is 4.57. The number of carbonyl (C=O) groups excluding carboxylic acids is 3. The van der Waals surface area contributed by atoms with E-state index in [1.54, 1.807) is 20.8 Å². The molecule has 0 aliphatic carbocycles. The molecule has 0 aromatic heterocycles. The standard InChI is InChI=1S/C15H24N2O6/c1-14(2,3)23-13(21)17-7-5-6-15(17)8-10(18)16(12(15)20)9-11(19)22-4/h10,18H,5-9H2,1-4H3/t10-,15-/m1/s1. The molecule has 0 aromatic carbocycles. The zero-order valence-electron chi connectivity index (χ0n) is 14.0. The van der Waals surface area contributed by atoms with Gasteiger partial charge in [0.2, 0.25) is 0 Å². The molecule has 2 amide bonds. The summed E-state index contributed by atoms with van der Waals surface area (Å²) in [7, 11) is 1.22. The molecule has 1 spiro atoms. The van der Waals surface area contributed by atoms with Crippen molar-refractivity contribution in [1.82, 2.24) is 9.80 Å². The number of nitrogens with zero attached hydrogens (tertiary/aromatic N) is 2. The molecule has 0 bridgehead atoms. The number of ether oxygens (including phenoxy) is 2. The van der Waals surface area contributed by atoms with Crippen molar-refractivity contribution in [3.05, 3.63) is 0 Å². The first-order valence-electron chi connectivity index (χ1n) is 7.67. The first kappa shape index (κ1) is 17.5. The summed E-state index contributed by atoms with van der Waals surface area (Å²) < 4.78 is 9.92. The van der Waals surface area contributed by atoms with Crippen LogP contribution in [-0.2, 0) is 19.1 Å². The lowest BCUT2D eigenvalue weighted by Gasteiger charge is -2.34. The van der Waals surface area contributed by atoms with Gasteiger partial charge in [0.05, 0.1) is 7.11 Å². The van der Waals surface area contributed by atoms with Gasteiger partial charge in [0.15, 0.2) is 0 Å². The minimum absolute atomic E-state index is 0.0715. The molecule has 2 aliphatic heterocycles. The van der Waals surface area contributed by atoms with E-state index in [4.69, 9.17) is 4.74 Å². The highest BCUT2D eigenvalue weighted by Crippen LogP contribution is 2.41. The fourth-order valence-electron chi connectivity index (χ4n) is 3.18. The highest BCUT2D eigenvalue weighted by Gasteiger charge is 2.59. The summed E-state index contributed by atoms with van der Waals surface area (Å²) in [5.41, 5.74) is -1.80. The first-order chi connectivity index (χ1) is 10.6. The number of methoxy groups -OCH3 is 1. The maximum atomic E-state index is 12.8. The van der Waals surface area contributed by atoms with Crippen LogP contribution < -0.4 is 0 Å². The van der Waals surface area contributed by atoms with Crippen LogP contribution in [0.1, 0.15) is 40.0 Å². The second-order valence-corrected chi connectivity index (χ2v) is 6.96. The Balaban J connectivity index is 2.21. The fourth-order valence-corrected chi connectivity index (χ4v) is 3.18. The zero-order chi connectivity index (χ0) is 17.4. The number of aliphatic hydroxyl groups is 1. The molecular weight excluding hydrogens is 304 g/mol. The summed E-state index contributed by atoms with van der Waals surface area (Å²) in [5, 5.41) is 10.2. The van der Waals surface area contributed by atoms with E-state index in [0.717, 1.165) is 4.90 Å². The molecule has 2 aliphatic rings. The maximum Gasteiger partial charge on any atom is 0.411 e. The second kappa shape index (κ2) is 5.99. The Morgan fingerprint density at radius 2 is 2.04 bits per heavy atom. The van der Waals surface area contributed by atoms with E-state index in [-0.39, 0.29) is 13.0 Å². The van der Waals surface area contributed by atoms with Gasteiger partial charge in [-0.25, -0.2) is 4.79 Å². The lowest BCUT2D eigenvalue weighted by Crippen LogP contribution is -2.54. The fraction of sp³-hybridized carbons (Fsp3) is 0.800. The normalized spacial score (nSPS) is 27.7. The van der Waals surface area contributed by atoms with Crippen molar-refractivity contribution in [2.45, 2.75) is 57.4 Å². The topological polar surface area (TPSA) is 96.4 Å². The highest BCUT2D eigenvalue weighted by molar-refractivity contribution is 5.94. The van der Waals surface area contributed by atoms with Crippen molar-refractivity contribution in [3.8, 4) is 0 Å². The van der Waals surface area contributed by atoms with Crippen molar-refractivity contribution in [2.24, 2.45) is 0 Å². The average molecular weight is 328 g/mol. The zero-order valence-corrected chi connectivity index (χ0v) is 14.0. The average Bonchev–Trinajstić information content (AvgIpc) is 2.95.